The molecule has 0 aromatic rings. The van der Waals surface area contributed by atoms with Crippen LogP contribution in [-0.2, 0) is 19.0 Å². The van der Waals surface area contributed by atoms with Gasteiger partial charge in [-0.2, -0.15) is 0 Å². The van der Waals surface area contributed by atoms with Crippen LogP contribution >= 0.6 is 0 Å². The van der Waals surface area contributed by atoms with Gasteiger partial charge in [0.05, 0.1) is 31.5 Å². The second-order valence-electron chi connectivity index (χ2n) is 5.74. The van der Waals surface area contributed by atoms with Crippen LogP contribution in [0.3, 0.4) is 0 Å². The SMILES string of the molecule is CCNC(C)(COC1CC(C)OC(C)C1)C(=O)OCC. The van der Waals surface area contributed by atoms with Gasteiger partial charge in [0.15, 0.2) is 0 Å². The topological polar surface area (TPSA) is 56.8 Å². The van der Waals surface area contributed by atoms with Crippen LogP contribution in [-0.4, -0.2) is 49.6 Å². The van der Waals surface area contributed by atoms with Gasteiger partial charge in [-0.15, -0.1) is 0 Å². The number of nitrogens with one attached hydrogen (secondary N) is 1. The highest BCUT2D eigenvalue weighted by Gasteiger charge is 2.36. The average Bonchev–Trinajstić information content (AvgIpc) is 2.36. The largest absolute Gasteiger partial charge is 0.465 e. The maximum absolute atomic E-state index is 12.1. The molecular formula is C15H29NO4. The Balaban J connectivity index is 2.55. The number of rotatable bonds is 7. The second kappa shape index (κ2) is 7.96. The van der Waals surface area contributed by atoms with E-state index in [1.54, 1.807) is 0 Å². The van der Waals surface area contributed by atoms with Crippen molar-refractivity contribution in [2.45, 2.75) is 71.3 Å². The van der Waals surface area contributed by atoms with E-state index in [4.69, 9.17) is 14.2 Å². The number of hydrogen-bond donors (Lipinski definition) is 1. The number of esters is 1. The molecule has 1 N–H and O–H groups in total. The van der Waals surface area contributed by atoms with Crippen molar-refractivity contribution in [2.75, 3.05) is 19.8 Å². The Bertz CT molecular complexity index is 300. The van der Waals surface area contributed by atoms with Crippen molar-refractivity contribution >= 4 is 5.97 Å². The van der Waals surface area contributed by atoms with Crippen molar-refractivity contribution in [2.24, 2.45) is 0 Å². The lowest BCUT2D eigenvalue weighted by molar-refractivity contribution is -0.157. The van der Waals surface area contributed by atoms with E-state index in [2.05, 4.69) is 19.2 Å². The zero-order chi connectivity index (χ0) is 15.2. The van der Waals surface area contributed by atoms with Crippen LogP contribution in [0.1, 0.15) is 47.5 Å². The molecule has 1 aliphatic heterocycles. The molecule has 0 amide bonds. The summed E-state index contributed by atoms with van der Waals surface area (Å²) in [7, 11) is 0. The lowest BCUT2D eigenvalue weighted by atomic mass is 10.0. The van der Waals surface area contributed by atoms with Gasteiger partial charge >= 0.3 is 5.97 Å². The molecule has 118 valence electrons. The molecule has 1 saturated heterocycles. The third kappa shape index (κ3) is 5.04. The first kappa shape index (κ1) is 17.4. The number of carbonyl (C=O) groups excluding carboxylic acids is 1. The Hall–Kier alpha value is -0.650. The molecule has 5 nitrogen and oxygen atoms in total. The summed E-state index contributed by atoms with van der Waals surface area (Å²) < 4.78 is 16.8. The molecule has 0 aromatic heterocycles. The summed E-state index contributed by atoms with van der Waals surface area (Å²) in [5.74, 6) is -0.255. The molecule has 3 unspecified atom stereocenters. The van der Waals surface area contributed by atoms with E-state index in [0.29, 0.717) is 19.8 Å². The minimum atomic E-state index is -0.782. The van der Waals surface area contributed by atoms with Crippen LogP contribution in [0.2, 0.25) is 0 Å². The smallest absolute Gasteiger partial charge is 0.328 e. The summed E-state index contributed by atoms with van der Waals surface area (Å²) in [6.07, 6.45) is 2.29. The quantitative estimate of drug-likeness (QED) is 0.725. The van der Waals surface area contributed by atoms with E-state index in [1.165, 1.54) is 0 Å². The van der Waals surface area contributed by atoms with Gasteiger partial charge in [0.25, 0.3) is 0 Å². The van der Waals surface area contributed by atoms with Crippen LogP contribution in [0.5, 0.6) is 0 Å². The van der Waals surface area contributed by atoms with Gasteiger partial charge in [0, 0.05) is 0 Å². The fourth-order valence-corrected chi connectivity index (χ4v) is 2.63. The summed E-state index contributed by atoms with van der Waals surface area (Å²) in [5.41, 5.74) is -0.782. The molecule has 0 aromatic carbocycles. The summed E-state index contributed by atoms with van der Waals surface area (Å²) >= 11 is 0. The Morgan fingerprint density at radius 1 is 1.30 bits per heavy atom. The van der Waals surface area contributed by atoms with E-state index >= 15 is 0 Å². The number of carbonyl (C=O) groups is 1. The molecule has 0 bridgehead atoms. The normalized spacial score (nSPS) is 29.8. The Labute approximate surface area is 122 Å². The standard InChI is InChI=1S/C15H29NO4/c1-6-16-15(5,14(17)18-7-2)10-19-13-8-11(3)20-12(4)9-13/h11-13,16H,6-10H2,1-5H3. The molecule has 1 aliphatic rings. The van der Waals surface area contributed by atoms with Crippen LogP contribution < -0.4 is 5.32 Å². The molecule has 0 saturated carbocycles. The summed E-state index contributed by atoms with van der Waals surface area (Å²) in [6.45, 7) is 11.1. The van der Waals surface area contributed by atoms with Crippen molar-refractivity contribution in [1.29, 1.82) is 0 Å². The van der Waals surface area contributed by atoms with Gasteiger partial charge in [-0.25, -0.2) is 4.79 Å². The predicted octanol–water partition coefficient (Wildman–Crippen LogP) is 1.89. The first-order valence-corrected chi connectivity index (χ1v) is 7.60. The minimum Gasteiger partial charge on any atom is -0.465 e. The summed E-state index contributed by atoms with van der Waals surface area (Å²) in [4.78, 5) is 12.1. The van der Waals surface area contributed by atoms with Crippen LogP contribution in [0.15, 0.2) is 0 Å². The zero-order valence-corrected chi connectivity index (χ0v) is 13.4. The monoisotopic (exact) mass is 287 g/mol. The molecular weight excluding hydrogens is 258 g/mol. The molecule has 1 fully saturated rings. The molecule has 3 atom stereocenters. The minimum absolute atomic E-state index is 0.140. The maximum atomic E-state index is 12.1. The van der Waals surface area contributed by atoms with Crippen LogP contribution in [0, 0.1) is 0 Å². The van der Waals surface area contributed by atoms with Crippen LogP contribution in [0.4, 0.5) is 0 Å². The highest BCUT2D eigenvalue weighted by atomic mass is 16.5. The fourth-order valence-electron chi connectivity index (χ4n) is 2.63. The van der Waals surface area contributed by atoms with Crippen LogP contribution in [0.25, 0.3) is 0 Å². The molecule has 1 rings (SSSR count). The fraction of sp³-hybridized carbons (Fsp3) is 0.933. The average molecular weight is 287 g/mol. The van der Waals surface area contributed by atoms with Crippen molar-refractivity contribution < 1.29 is 19.0 Å². The molecule has 1 heterocycles. The third-order valence-corrected chi connectivity index (χ3v) is 3.55. The first-order chi connectivity index (χ1) is 9.41. The number of likely N-dealkylation sites (N-methyl/N-ethyl adjacent to an activating group) is 1. The second-order valence-corrected chi connectivity index (χ2v) is 5.74. The number of ether oxygens (including phenoxy) is 3. The predicted molar refractivity (Wildman–Crippen MR) is 77.7 cm³/mol. The zero-order valence-electron chi connectivity index (χ0n) is 13.4. The van der Waals surface area contributed by atoms with E-state index in [9.17, 15) is 4.79 Å². The summed E-state index contributed by atoms with van der Waals surface area (Å²) in [6, 6.07) is 0. The van der Waals surface area contributed by atoms with Gasteiger partial charge in [-0.05, 0) is 47.1 Å². The molecule has 0 aliphatic carbocycles. The maximum Gasteiger partial charge on any atom is 0.328 e. The Kier molecular flexibility index (Phi) is 6.92. The lowest BCUT2D eigenvalue weighted by Gasteiger charge is -2.35. The molecule has 0 radical (unpaired) electrons. The van der Waals surface area contributed by atoms with Crippen molar-refractivity contribution in [3.05, 3.63) is 0 Å². The molecule has 20 heavy (non-hydrogen) atoms. The lowest BCUT2D eigenvalue weighted by Crippen LogP contribution is -2.54. The van der Waals surface area contributed by atoms with E-state index in [-0.39, 0.29) is 24.3 Å². The van der Waals surface area contributed by atoms with Gasteiger partial charge in [-0.1, -0.05) is 6.92 Å². The van der Waals surface area contributed by atoms with Crippen molar-refractivity contribution in [3.63, 3.8) is 0 Å². The van der Waals surface area contributed by atoms with Crippen molar-refractivity contribution in [1.82, 2.24) is 5.32 Å². The molecule has 0 spiro atoms. The summed E-state index contributed by atoms with van der Waals surface area (Å²) in [5, 5.41) is 3.17. The van der Waals surface area contributed by atoms with Gasteiger partial charge in [0.2, 0.25) is 0 Å². The van der Waals surface area contributed by atoms with Gasteiger partial charge in [-0.3, -0.25) is 0 Å². The van der Waals surface area contributed by atoms with E-state index in [0.717, 1.165) is 12.8 Å². The van der Waals surface area contributed by atoms with Gasteiger partial charge in [0.1, 0.15) is 5.54 Å². The van der Waals surface area contributed by atoms with E-state index in [1.807, 2.05) is 20.8 Å². The highest BCUT2D eigenvalue weighted by molar-refractivity contribution is 5.80. The highest BCUT2D eigenvalue weighted by Crippen LogP contribution is 2.23. The third-order valence-electron chi connectivity index (χ3n) is 3.55. The number of hydrogen-bond acceptors (Lipinski definition) is 5. The van der Waals surface area contributed by atoms with Crippen molar-refractivity contribution in [3.8, 4) is 0 Å². The Morgan fingerprint density at radius 2 is 1.90 bits per heavy atom. The van der Waals surface area contributed by atoms with E-state index < -0.39 is 5.54 Å². The Morgan fingerprint density at radius 3 is 2.40 bits per heavy atom. The first-order valence-electron chi connectivity index (χ1n) is 7.60. The molecule has 5 heteroatoms. The van der Waals surface area contributed by atoms with Gasteiger partial charge < -0.3 is 19.5 Å².